The molecule has 1 fully saturated rings. The van der Waals surface area contributed by atoms with Crippen LogP contribution >= 0.6 is 11.6 Å². The zero-order valence-corrected chi connectivity index (χ0v) is 11.7. The lowest BCUT2D eigenvalue weighted by Crippen LogP contribution is -2.06. The molecule has 98 valence electrons. The van der Waals surface area contributed by atoms with Gasteiger partial charge in [-0.25, -0.2) is 4.98 Å². The quantitative estimate of drug-likeness (QED) is 0.780. The van der Waals surface area contributed by atoms with Crippen LogP contribution in [0.25, 0.3) is 11.2 Å². The molecular weight excluding hydrogens is 248 g/mol. The number of nitrogens with zero attached hydrogens (tertiary/aromatic N) is 4. The average Bonchev–Trinajstić information content (AvgIpc) is 3.04. The fourth-order valence-electron chi connectivity index (χ4n) is 2.63. The molecule has 0 aromatic carbocycles. The van der Waals surface area contributed by atoms with Gasteiger partial charge in [-0.3, -0.25) is 4.68 Å². The van der Waals surface area contributed by atoms with E-state index in [2.05, 4.69) is 16.6 Å². The third-order valence-corrected chi connectivity index (χ3v) is 3.72. The molecular formula is C13H19ClN4. The van der Waals surface area contributed by atoms with Crippen LogP contribution in [0.4, 0.5) is 0 Å². The van der Waals surface area contributed by atoms with Crippen molar-refractivity contribution in [2.45, 2.75) is 45.1 Å². The van der Waals surface area contributed by atoms with Gasteiger partial charge >= 0.3 is 0 Å². The van der Waals surface area contributed by atoms with Crippen LogP contribution in [0.2, 0.25) is 0 Å². The van der Waals surface area contributed by atoms with Crippen molar-refractivity contribution in [3.05, 3.63) is 11.5 Å². The molecule has 0 saturated heterocycles. The molecule has 3 rings (SSSR count). The van der Waals surface area contributed by atoms with Crippen LogP contribution in [-0.2, 0) is 19.9 Å². The lowest BCUT2D eigenvalue weighted by molar-refractivity contribution is 0.659. The van der Waals surface area contributed by atoms with Crippen LogP contribution in [0, 0.1) is 0 Å². The number of imidazole rings is 1. The number of hydrogen-bond acceptors (Lipinski definition) is 2. The standard InChI is InChI=1S/C13H19ClN4/c1-3-4-10-12-13(17(2)16-10)18(9-5-6-9)11(15-12)7-8-14/h9H,3-8H2,1-2H3. The minimum Gasteiger partial charge on any atom is -0.310 e. The number of aryl methyl sites for hydroxylation is 3. The van der Waals surface area contributed by atoms with Crippen LogP contribution in [-0.4, -0.2) is 25.2 Å². The molecule has 4 nitrogen and oxygen atoms in total. The van der Waals surface area contributed by atoms with Crippen molar-refractivity contribution in [1.82, 2.24) is 19.3 Å². The Bertz CT molecular complexity index is 565. The van der Waals surface area contributed by atoms with Gasteiger partial charge in [-0.05, 0) is 19.3 Å². The first-order valence-electron chi connectivity index (χ1n) is 6.75. The van der Waals surface area contributed by atoms with Crippen molar-refractivity contribution >= 4 is 22.8 Å². The maximum absolute atomic E-state index is 5.89. The second-order valence-electron chi connectivity index (χ2n) is 5.06. The van der Waals surface area contributed by atoms with Gasteiger partial charge in [0.2, 0.25) is 0 Å². The van der Waals surface area contributed by atoms with Crippen LogP contribution in [0.3, 0.4) is 0 Å². The molecule has 5 heteroatoms. The number of hydrogen-bond donors (Lipinski definition) is 0. The molecule has 0 amide bonds. The summed E-state index contributed by atoms with van der Waals surface area (Å²) in [6, 6.07) is 0.623. The van der Waals surface area contributed by atoms with Crippen LogP contribution in [0.1, 0.15) is 43.7 Å². The van der Waals surface area contributed by atoms with Gasteiger partial charge in [-0.15, -0.1) is 11.6 Å². The van der Waals surface area contributed by atoms with E-state index in [1.54, 1.807) is 0 Å². The van der Waals surface area contributed by atoms with Crippen molar-refractivity contribution in [3.63, 3.8) is 0 Å². The molecule has 0 N–H and O–H groups in total. The Morgan fingerprint density at radius 2 is 2.11 bits per heavy atom. The van der Waals surface area contributed by atoms with E-state index in [0.29, 0.717) is 11.9 Å². The summed E-state index contributed by atoms with van der Waals surface area (Å²) in [4.78, 5) is 4.80. The van der Waals surface area contributed by atoms with Gasteiger partial charge in [0, 0.05) is 25.4 Å². The first-order valence-corrected chi connectivity index (χ1v) is 7.28. The van der Waals surface area contributed by atoms with Gasteiger partial charge in [0.1, 0.15) is 11.3 Å². The summed E-state index contributed by atoms with van der Waals surface area (Å²) in [6.07, 6.45) is 5.47. The summed E-state index contributed by atoms with van der Waals surface area (Å²) in [5.74, 6) is 1.76. The summed E-state index contributed by atoms with van der Waals surface area (Å²) < 4.78 is 4.35. The normalized spacial score (nSPS) is 15.7. The minimum atomic E-state index is 0.623. The highest BCUT2D eigenvalue weighted by molar-refractivity contribution is 6.17. The highest BCUT2D eigenvalue weighted by Gasteiger charge is 2.30. The van der Waals surface area contributed by atoms with Gasteiger partial charge < -0.3 is 4.57 Å². The van der Waals surface area contributed by atoms with Crippen LogP contribution in [0.5, 0.6) is 0 Å². The maximum Gasteiger partial charge on any atom is 0.158 e. The lowest BCUT2D eigenvalue weighted by Gasteiger charge is -2.06. The molecule has 0 bridgehead atoms. The van der Waals surface area contributed by atoms with E-state index in [4.69, 9.17) is 16.6 Å². The fourth-order valence-corrected chi connectivity index (χ4v) is 2.80. The Morgan fingerprint density at radius 3 is 2.72 bits per heavy atom. The Balaban J connectivity index is 2.17. The zero-order valence-electron chi connectivity index (χ0n) is 11.0. The summed E-state index contributed by atoms with van der Waals surface area (Å²) in [5.41, 5.74) is 3.40. The van der Waals surface area contributed by atoms with E-state index in [1.165, 1.54) is 18.5 Å². The third kappa shape index (κ3) is 1.83. The largest absolute Gasteiger partial charge is 0.310 e. The number of aromatic nitrogens is 4. The van der Waals surface area contributed by atoms with Gasteiger partial charge in [0.15, 0.2) is 5.65 Å². The van der Waals surface area contributed by atoms with E-state index >= 15 is 0 Å². The fraction of sp³-hybridized carbons (Fsp3) is 0.692. The van der Waals surface area contributed by atoms with Gasteiger partial charge in [0.25, 0.3) is 0 Å². The first-order chi connectivity index (χ1) is 8.76. The van der Waals surface area contributed by atoms with E-state index in [-0.39, 0.29) is 0 Å². The SMILES string of the molecule is CCCc1nn(C)c2c1nc(CCCl)n2C1CC1. The minimum absolute atomic E-state index is 0.623. The lowest BCUT2D eigenvalue weighted by atomic mass is 10.2. The molecule has 2 aromatic heterocycles. The number of fused-ring (bicyclic) bond motifs is 1. The summed E-state index contributed by atoms with van der Waals surface area (Å²) in [5, 5.41) is 4.61. The van der Waals surface area contributed by atoms with E-state index in [9.17, 15) is 0 Å². The predicted molar refractivity (Wildman–Crippen MR) is 73.2 cm³/mol. The highest BCUT2D eigenvalue weighted by Crippen LogP contribution is 2.39. The Morgan fingerprint density at radius 1 is 1.33 bits per heavy atom. The van der Waals surface area contributed by atoms with Crippen molar-refractivity contribution < 1.29 is 0 Å². The molecule has 1 saturated carbocycles. The molecule has 0 spiro atoms. The molecule has 1 aliphatic carbocycles. The molecule has 18 heavy (non-hydrogen) atoms. The highest BCUT2D eigenvalue weighted by atomic mass is 35.5. The second kappa shape index (κ2) is 4.57. The van der Waals surface area contributed by atoms with Gasteiger partial charge in [0.05, 0.1) is 5.69 Å². The van der Waals surface area contributed by atoms with E-state index in [0.717, 1.165) is 36.3 Å². The van der Waals surface area contributed by atoms with Gasteiger partial charge in [-0.2, -0.15) is 5.10 Å². The molecule has 1 aliphatic rings. The second-order valence-corrected chi connectivity index (χ2v) is 5.44. The van der Waals surface area contributed by atoms with Gasteiger partial charge in [-0.1, -0.05) is 13.3 Å². The molecule has 0 aliphatic heterocycles. The monoisotopic (exact) mass is 266 g/mol. The van der Waals surface area contributed by atoms with Crippen LogP contribution < -0.4 is 0 Å². The number of halogens is 1. The average molecular weight is 267 g/mol. The van der Waals surface area contributed by atoms with Crippen molar-refractivity contribution in [3.8, 4) is 0 Å². The third-order valence-electron chi connectivity index (χ3n) is 3.53. The Labute approximate surface area is 112 Å². The molecule has 2 aromatic rings. The van der Waals surface area contributed by atoms with Crippen LogP contribution in [0.15, 0.2) is 0 Å². The van der Waals surface area contributed by atoms with Crippen molar-refractivity contribution in [2.75, 3.05) is 5.88 Å². The Hall–Kier alpha value is -1.03. The van der Waals surface area contributed by atoms with Crippen molar-refractivity contribution in [2.24, 2.45) is 7.05 Å². The van der Waals surface area contributed by atoms with Crippen molar-refractivity contribution in [1.29, 1.82) is 0 Å². The smallest absolute Gasteiger partial charge is 0.158 e. The summed E-state index contributed by atoms with van der Waals surface area (Å²) in [7, 11) is 2.02. The molecule has 2 heterocycles. The molecule has 0 unspecified atom stereocenters. The predicted octanol–water partition coefficient (Wildman–Crippen LogP) is 2.84. The number of rotatable bonds is 5. The summed E-state index contributed by atoms with van der Waals surface area (Å²) >= 11 is 5.89. The summed E-state index contributed by atoms with van der Waals surface area (Å²) in [6.45, 7) is 2.18. The first kappa shape index (κ1) is 12.0. The number of alkyl halides is 1. The topological polar surface area (TPSA) is 35.6 Å². The Kier molecular flexibility index (Phi) is 3.06. The van der Waals surface area contributed by atoms with E-state index < -0.39 is 0 Å². The van der Waals surface area contributed by atoms with E-state index in [1.807, 2.05) is 11.7 Å². The molecule has 0 atom stereocenters. The zero-order chi connectivity index (χ0) is 12.7. The molecule has 0 radical (unpaired) electrons. The maximum atomic E-state index is 5.89.